The van der Waals surface area contributed by atoms with E-state index in [1.54, 1.807) is 0 Å². The zero-order valence-electron chi connectivity index (χ0n) is 8.96. The van der Waals surface area contributed by atoms with E-state index in [4.69, 9.17) is 0 Å². The van der Waals surface area contributed by atoms with Gasteiger partial charge in [0.15, 0.2) is 0 Å². The standard InChI is InChI=1S/C11H17F2NO/c1-7(4-11(12)13)14-8-2-3-9(14)6-10(15)5-8/h7-9,11H,2-6H2,1H3. The van der Waals surface area contributed by atoms with Crippen LogP contribution in [0.2, 0.25) is 0 Å². The molecule has 15 heavy (non-hydrogen) atoms. The number of nitrogens with zero attached hydrogens (tertiary/aromatic N) is 1. The Bertz CT molecular complexity index is 241. The Kier molecular flexibility index (Phi) is 3.05. The van der Waals surface area contributed by atoms with E-state index in [1.165, 1.54) is 0 Å². The lowest BCUT2D eigenvalue weighted by Gasteiger charge is -2.38. The lowest BCUT2D eigenvalue weighted by molar-refractivity contribution is -0.124. The average molecular weight is 217 g/mol. The number of fused-ring (bicyclic) bond motifs is 2. The first kappa shape index (κ1) is 11.0. The van der Waals surface area contributed by atoms with Crippen molar-refractivity contribution in [1.82, 2.24) is 4.90 Å². The molecule has 0 spiro atoms. The minimum atomic E-state index is -2.24. The third kappa shape index (κ3) is 2.19. The third-order valence-electron chi connectivity index (χ3n) is 3.63. The lowest BCUT2D eigenvalue weighted by atomic mass is 9.98. The van der Waals surface area contributed by atoms with Crippen LogP contribution in [0.5, 0.6) is 0 Å². The van der Waals surface area contributed by atoms with Crippen molar-refractivity contribution in [3.63, 3.8) is 0 Å². The molecule has 2 rings (SSSR count). The molecule has 2 heterocycles. The smallest absolute Gasteiger partial charge is 0.240 e. The molecular weight excluding hydrogens is 200 g/mol. The van der Waals surface area contributed by atoms with Gasteiger partial charge in [-0.15, -0.1) is 0 Å². The van der Waals surface area contributed by atoms with Crippen molar-refractivity contribution < 1.29 is 13.6 Å². The van der Waals surface area contributed by atoms with Crippen LogP contribution in [0.15, 0.2) is 0 Å². The zero-order chi connectivity index (χ0) is 11.0. The molecule has 0 N–H and O–H groups in total. The number of hydrogen-bond acceptors (Lipinski definition) is 2. The number of carbonyl (C=O) groups excluding carboxylic acids is 1. The van der Waals surface area contributed by atoms with Gasteiger partial charge in [0.1, 0.15) is 5.78 Å². The van der Waals surface area contributed by atoms with Crippen molar-refractivity contribution in [3.05, 3.63) is 0 Å². The number of alkyl halides is 2. The number of halogens is 2. The maximum atomic E-state index is 12.3. The molecule has 0 aromatic heterocycles. The monoisotopic (exact) mass is 217 g/mol. The first-order chi connectivity index (χ1) is 7.08. The number of hydrogen-bond donors (Lipinski definition) is 0. The Morgan fingerprint density at radius 2 is 1.87 bits per heavy atom. The topological polar surface area (TPSA) is 20.3 Å². The quantitative estimate of drug-likeness (QED) is 0.722. The first-order valence-electron chi connectivity index (χ1n) is 5.65. The average Bonchev–Trinajstić information content (AvgIpc) is 2.38. The SMILES string of the molecule is CC(CC(F)F)N1C2CCC1CC(=O)C2. The third-order valence-corrected chi connectivity index (χ3v) is 3.63. The van der Waals surface area contributed by atoms with Crippen LogP contribution in [0.1, 0.15) is 39.0 Å². The second-order valence-electron chi connectivity index (χ2n) is 4.75. The minimum Gasteiger partial charge on any atom is -0.300 e. The predicted octanol–water partition coefficient (Wildman–Crippen LogP) is 2.23. The van der Waals surface area contributed by atoms with Crippen LogP contribution in [0, 0.1) is 0 Å². The summed E-state index contributed by atoms with van der Waals surface area (Å²) < 4.78 is 24.6. The molecule has 86 valence electrons. The summed E-state index contributed by atoms with van der Waals surface area (Å²) in [4.78, 5) is 13.5. The largest absolute Gasteiger partial charge is 0.300 e. The first-order valence-corrected chi connectivity index (χ1v) is 5.65. The molecule has 2 saturated heterocycles. The molecule has 2 fully saturated rings. The molecule has 0 aliphatic carbocycles. The molecule has 2 nitrogen and oxygen atoms in total. The molecule has 0 saturated carbocycles. The van der Waals surface area contributed by atoms with E-state index < -0.39 is 6.43 Å². The second kappa shape index (κ2) is 4.16. The van der Waals surface area contributed by atoms with E-state index in [-0.39, 0.29) is 24.5 Å². The van der Waals surface area contributed by atoms with Gasteiger partial charge in [0.25, 0.3) is 0 Å². The Hall–Kier alpha value is -0.510. The van der Waals surface area contributed by atoms with Gasteiger partial charge in [0.2, 0.25) is 6.43 Å². The minimum absolute atomic E-state index is 0.0683. The highest BCUT2D eigenvalue weighted by Gasteiger charge is 2.42. The molecule has 2 bridgehead atoms. The van der Waals surface area contributed by atoms with E-state index in [1.807, 2.05) is 6.92 Å². The summed E-state index contributed by atoms with van der Waals surface area (Å²) in [6, 6.07) is 0.394. The van der Waals surface area contributed by atoms with E-state index in [0.717, 1.165) is 12.8 Å². The Labute approximate surface area is 88.6 Å². The second-order valence-corrected chi connectivity index (χ2v) is 4.75. The summed E-state index contributed by atoms with van der Waals surface area (Å²) in [5.74, 6) is 0.308. The van der Waals surface area contributed by atoms with Crippen LogP contribution in [-0.2, 0) is 4.79 Å². The molecular formula is C11H17F2NO. The lowest BCUT2D eigenvalue weighted by Crippen LogP contribution is -2.48. The van der Waals surface area contributed by atoms with E-state index >= 15 is 0 Å². The van der Waals surface area contributed by atoms with Crippen molar-refractivity contribution in [1.29, 1.82) is 0 Å². The maximum absolute atomic E-state index is 12.3. The molecule has 4 heteroatoms. The fourth-order valence-corrected chi connectivity index (χ4v) is 3.10. The van der Waals surface area contributed by atoms with Crippen molar-refractivity contribution in [3.8, 4) is 0 Å². The fourth-order valence-electron chi connectivity index (χ4n) is 3.10. The highest BCUT2D eigenvalue weighted by Crippen LogP contribution is 2.36. The van der Waals surface area contributed by atoms with E-state index in [0.29, 0.717) is 18.6 Å². The van der Waals surface area contributed by atoms with Crippen molar-refractivity contribution in [2.45, 2.75) is 63.6 Å². The molecule has 0 aromatic rings. The zero-order valence-corrected chi connectivity index (χ0v) is 8.96. The summed E-state index contributed by atoms with van der Waals surface area (Å²) in [5.41, 5.74) is 0. The molecule has 2 aliphatic rings. The van der Waals surface area contributed by atoms with Gasteiger partial charge in [-0.05, 0) is 19.8 Å². The van der Waals surface area contributed by atoms with Crippen LogP contribution in [0.4, 0.5) is 8.78 Å². The molecule has 3 unspecified atom stereocenters. The number of carbonyl (C=O) groups is 1. The number of piperidine rings is 1. The van der Waals surface area contributed by atoms with Crippen LogP contribution in [-0.4, -0.2) is 35.2 Å². The molecule has 0 amide bonds. The van der Waals surface area contributed by atoms with Gasteiger partial charge in [-0.1, -0.05) is 0 Å². The molecule has 2 aliphatic heterocycles. The summed E-state index contributed by atoms with van der Waals surface area (Å²) in [6.45, 7) is 1.85. The van der Waals surface area contributed by atoms with Crippen LogP contribution >= 0.6 is 0 Å². The normalized spacial score (nSPS) is 33.7. The van der Waals surface area contributed by atoms with Crippen molar-refractivity contribution in [2.24, 2.45) is 0 Å². The Morgan fingerprint density at radius 1 is 1.33 bits per heavy atom. The summed E-state index contributed by atoms with van der Waals surface area (Å²) in [5, 5.41) is 0. The van der Waals surface area contributed by atoms with Gasteiger partial charge in [-0.3, -0.25) is 9.69 Å². The van der Waals surface area contributed by atoms with Crippen molar-refractivity contribution in [2.75, 3.05) is 0 Å². The summed E-state index contributed by atoms with van der Waals surface area (Å²) >= 11 is 0. The Balaban J connectivity index is 2.01. The van der Waals surface area contributed by atoms with Gasteiger partial charge in [-0.2, -0.15) is 0 Å². The fraction of sp³-hybridized carbons (Fsp3) is 0.909. The van der Waals surface area contributed by atoms with Gasteiger partial charge >= 0.3 is 0 Å². The maximum Gasteiger partial charge on any atom is 0.240 e. The van der Waals surface area contributed by atoms with Crippen LogP contribution < -0.4 is 0 Å². The molecule has 0 aromatic carbocycles. The Morgan fingerprint density at radius 3 is 2.33 bits per heavy atom. The van der Waals surface area contributed by atoms with Gasteiger partial charge in [0, 0.05) is 37.4 Å². The van der Waals surface area contributed by atoms with E-state index in [2.05, 4.69) is 4.90 Å². The summed E-state index contributed by atoms with van der Waals surface area (Å²) in [7, 11) is 0. The van der Waals surface area contributed by atoms with Gasteiger partial charge in [0.05, 0.1) is 0 Å². The van der Waals surface area contributed by atoms with Crippen LogP contribution in [0.3, 0.4) is 0 Å². The van der Waals surface area contributed by atoms with E-state index in [9.17, 15) is 13.6 Å². The summed E-state index contributed by atoms with van der Waals surface area (Å²) in [6.07, 6.45) is 0.848. The highest BCUT2D eigenvalue weighted by atomic mass is 19.3. The predicted molar refractivity (Wildman–Crippen MR) is 53.0 cm³/mol. The molecule has 3 atom stereocenters. The number of Topliss-reactive ketones (excluding diaryl/α,β-unsaturated/α-hetero) is 1. The number of rotatable bonds is 3. The number of ketones is 1. The molecule has 0 radical (unpaired) electrons. The highest BCUT2D eigenvalue weighted by molar-refractivity contribution is 5.81. The van der Waals surface area contributed by atoms with Gasteiger partial charge in [-0.25, -0.2) is 8.78 Å². The van der Waals surface area contributed by atoms with Gasteiger partial charge < -0.3 is 0 Å². The van der Waals surface area contributed by atoms with Crippen molar-refractivity contribution >= 4 is 5.78 Å². The van der Waals surface area contributed by atoms with Crippen LogP contribution in [0.25, 0.3) is 0 Å².